The highest BCUT2D eigenvalue weighted by molar-refractivity contribution is 9.10. The maximum Gasteiger partial charge on any atom is 0.161 e. The molecule has 25 heavy (non-hydrogen) atoms. The Labute approximate surface area is 155 Å². The van der Waals surface area contributed by atoms with Crippen LogP contribution in [0.2, 0.25) is 0 Å². The van der Waals surface area contributed by atoms with Crippen molar-refractivity contribution in [3.63, 3.8) is 0 Å². The third-order valence-corrected chi connectivity index (χ3v) is 5.14. The van der Waals surface area contributed by atoms with Crippen molar-refractivity contribution in [2.75, 3.05) is 28.4 Å². The summed E-state index contributed by atoms with van der Waals surface area (Å²) >= 11 is 3.59. The third kappa shape index (κ3) is 3.23. The molecule has 134 valence electrons. The van der Waals surface area contributed by atoms with Crippen molar-refractivity contribution in [2.24, 2.45) is 0 Å². The number of ether oxygens (including phenoxy) is 5. The summed E-state index contributed by atoms with van der Waals surface area (Å²) in [6.45, 7) is 0. The van der Waals surface area contributed by atoms with Crippen LogP contribution in [0.15, 0.2) is 28.7 Å². The zero-order valence-electron chi connectivity index (χ0n) is 14.7. The van der Waals surface area contributed by atoms with Crippen LogP contribution in [0, 0.1) is 0 Å². The van der Waals surface area contributed by atoms with Gasteiger partial charge in [-0.2, -0.15) is 0 Å². The Morgan fingerprint density at radius 1 is 0.880 bits per heavy atom. The van der Waals surface area contributed by atoms with Crippen molar-refractivity contribution in [3.05, 3.63) is 39.9 Å². The lowest BCUT2D eigenvalue weighted by atomic mass is 9.96. The molecule has 0 amide bonds. The molecule has 0 saturated carbocycles. The van der Waals surface area contributed by atoms with E-state index >= 15 is 0 Å². The first-order valence-electron chi connectivity index (χ1n) is 7.94. The van der Waals surface area contributed by atoms with Gasteiger partial charge in [-0.1, -0.05) is 6.07 Å². The van der Waals surface area contributed by atoms with E-state index in [0.717, 1.165) is 39.9 Å². The van der Waals surface area contributed by atoms with Crippen LogP contribution < -0.4 is 23.7 Å². The van der Waals surface area contributed by atoms with Gasteiger partial charge in [-0.25, -0.2) is 0 Å². The molecule has 0 N–H and O–H groups in total. The van der Waals surface area contributed by atoms with Crippen molar-refractivity contribution >= 4 is 15.9 Å². The van der Waals surface area contributed by atoms with Gasteiger partial charge >= 0.3 is 0 Å². The van der Waals surface area contributed by atoms with Gasteiger partial charge in [-0.15, -0.1) is 0 Å². The van der Waals surface area contributed by atoms with Gasteiger partial charge in [0.05, 0.1) is 28.4 Å². The summed E-state index contributed by atoms with van der Waals surface area (Å²) < 4.78 is 28.7. The molecule has 2 aromatic rings. The lowest BCUT2D eigenvalue weighted by molar-refractivity contribution is 0.171. The molecule has 1 aliphatic rings. The van der Waals surface area contributed by atoms with Gasteiger partial charge < -0.3 is 23.7 Å². The minimum Gasteiger partial charge on any atom is -0.496 e. The minimum atomic E-state index is -0.0829. The van der Waals surface area contributed by atoms with Crippen LogP contribution in [0.25, 0.3) is 0 Å². The van der Waals surface area contributed by atoms with Gasteiger partial charge in [0.1, 0.15) is 27.8 Å². The van der Waals surface area contributed by atoms with E-state index in [1.165, 1.54) is 0 Å². The smallest absolute Gasteiger partial charge is 0.161 e. The highest BCUT2D eigenvalue weighted by Gasteiger charge is 2.28. The van der Waals surface area contributed by atoms with Crippen molar-refractivity contribution in [1.82, 2.24) is 0 Å². The standard InChI is InChI=1S/C19H21BrO5/c1-21-14-7-5-11(9-16(14)23-3)13-8-6-12-15(22-2)10-17(24-4)18(20)19(12)25-13/h5,7,9-10,13H,6,8H2,1-4H3/t13-/m0/s1. The Bertz CT molecular complexity index is 775. The SMILES string of the molecule is COc1ccc([C@@H]2CCc3c(OC)cc(OC)c(Br)c3O2)cc1OC. The van der Waals surface area contributed by atoms with Crippen LogP contribution in [0.5, 0.6) is 28.7 Å². The van der Waals surface area contributed by atoms with Crippen LogP contribution in [-0.2, 0) is 6.42 Å². The van der Waals surface area contributed by atoms with Crippen LogP contribution in [-0.4, -0.2) is 28.4 Å². The van der Waals surface area contributed by atoms with E-state index in [1.807, 2.05) is 24.3 Å². The van der Waals surface area contributed by atoms with Gasteiger partial charge in [0.25, 0.3) is 0 Å². The average Bonchev–Trinajstić information content (AvgIpc) is 2.67. The van der Waals surface area contributed by atoms with Gasteiger partial charge in [0, 0.05) is 11.6 Å². The highest BCUT2D eigenvalue weighted by Crippen LogP contribution is 2.48. The Morgan fingerprint density at radius 2 is 1.56 bits per heavy atom. The maximum atomic E-state index is 6.30. The number of benzene rings is 2. The molecule has 6 heteroatoms. The summed E-state index contributed by atoms with van der Waals surface area (Å²) in [6, 6.07) is 7.74. The normalized spacial score (nSPS) is 15.8. The van der Waals surface area contributed by atoms with E-state index in [9.17, 15) is 0 Å². The Morgan fingerprint density at radius 3 is 2.20 bits per heavy atom. The molecule has 0 fully saturated rings. The Balaban J connectivity index is 1.98. The number of hydrogen-bond acceptors (Lipinski definition) is 5. The molecule has 0 saturated heterocycles. The van der Waals surface area contributed by atoms with Crippen LogP contribution >= 0.6 is 15.9 Å². The van der Waals surface area contributed by atoms with Crippen LogP contribution in [0.1, 0.15) is 23.7 Å². The molecule has 5 nitrogen and oxygen atoms in total. The lowest BCUT2D eigenvalue weighted by Crippen LogP contribution is -2.16. The van der Waals surface area contributed by atoms with Gasteiger partial charge in [-0.3, -0.25) is 0 Å². The lowest BCUT2D eigenvalue weighted by Gasteiger charge is -2.29. The predicted octanol–water partition coefficient (Wildman–Crippen LogP) is 4.55. The molecule has 0 bridgehead atoms. The first-order valence-corrected chi connectivity index (χ1v) is 8.74. The van der Waals surface area contributed by atoms with Crippen molar-refractivity contribution in [3.8, 4) is 28.7 Å². The summed E-state index contributed by atoms with van der Waals surface area (Å²) in [5, 5.41) is 0. The zero-order valence-corrected chi connectivity index (χ0v) is 16.3. The molecule has 0 aromatic heterocycles. The maximum absolute atomic E-state index is 6.30. The fraction of sp³-hybridized carbons (Fsp3) is 0.368. The third-order valence-electron chi connectivity index (χ3n) is 4.39. The second-order valence-electron chi connectivity index (χ2n) is 5.66. The van der Waals surface area contributed by atoms with E-state index in [4.69, 9.17) is 23.7 Å². The van der Waals surface area contributed by atoms with Crippen molar-refractivity contribution < 1.29 is 23.7 Å². The molecule has 1 heterocycles. The molecular weight excluding hydrogens is 388 g/mol. The highest BCUT2D eigenvalue weighted by atomic mass is 79.9. The quantitative estimate of drug-likeness (QED) is 0.725. The summed E-state index contributed by atoms with van der Waals surface area (Å²) in [5.41, 5.74) is 2.09. The second kappa shape index (κ2) is 7.44. The van der Waals surface area contributed by atoms with Crippen molar-refractivity contribution in [2.45, 2.75) is 18.9 Å². The summed E-state index contributed by atoms with van der Waals surface area (Å²) in [7, 11) is 6.54. The molecule has 0 spiro atoms. The fourth-order valence-corrected chi connectivity index (χ4v) is 3.69. The number of rotatable bonds is 5. The zero-order chi connectivity index (χ0) is 18.0. The number of halogens is 1. The van der Waals surface area contributed by atoms with E-state index < -0.39 is 0 Å². The van der Waals surface area contributed by atoms with Gasteiger partial charge in [0.15, 0.2) is 11.5 Å². The first kappa shape index (κ1) is 17.7. The monoisotopic (exact) mass is 408 g/mol. The molecule has 0 unspecified atom stereocenters. The predicted molar refractivity (Wildman–Crippen MR) is 98.5 cm³/mol. The Kier molecular flexibility index (Phi) is 5.27. The first-order chi connectivity index (χ1) is 12.1. The van der Waals surface area contributed by atoms with Crippen LogP contribution in [0.3, 0.4) is 0 Å². The Hall–Kier alpha value is -2.08. The average molecular weight is 409 g/mol. The number of methoxy groups -OCH3 is 4. The number of hydrogen-bond donors (Lipinski definition) is 0. The number of fused-ring (bicyclic) bond motifs is 1. The minimum absolute atomic E-state index is 0.0829. The van der Waals surface area contributed by atoms with Gasteiger partial charge in [0.2, 0.25) is 0 Å². The van der Waals surface area contributed by atoms with E-state index in [1.54, 1.807) is 28.4 Å². The topological polar surface area (TPSA) is 46.2 Å². The van der Waals surface area contributed by atoms with Crippen LogP contribution in [0.4, 0.5) is 0 Å². The van der Waals surface area contributed by atoms with E-state index in [-0.39, 0.29) is 6.10 Å². The largest absolute Gasteiger partial charge is 0.496 e. The molecule has 2 aromatic carbocycles. The summed E-state index contributed by atoms with van der Waals surface area (Å²) in [5.74, 6) is 3.62. The molecule has 0 radical (unpaired) electrons. The molecule has 3 rings (SSSR count). The van der Waals surface area contributed by atoms with Gasteiger partial charge in [-0.05, 0) is 46.5 Å². The molecule has 0 aliphatic carbocycles. The summed E-state index contributed by atoms with van der Waals surface area (Å²) in [4.78, 5) is 0. The van der Waals surface area contributed by atoms with E-state index in [0.29, 0.717) is 17.2 Å². The second-order valence-corrected chi connectivity index (χ2v) is 6.46. The fourth-order valence-electron chi connectivity index (χ4n) is 3.08. The molecule has 1 aliphatic heterocycles. The van der Waals surface area contributed by atoms with E-state index in [2.05, 4.69) is 15.9 Å². The molecule has 1 atom stereocenters. The molecular formula is C19H21BrO5. The summed E-state index contributed by atoms with van der Waals surface area (Å²) in [6.07, 6.45) is 1.61. The van der Waals surface area contributed by atoms with Crippen molar-refractivity contribution in [1.29, 1.82) is 0 Å².